The molecule has 134 valence electrons. The molecule has 1 aromatic carbocycles. The van der Waals surface area contributed by atoms with Gasteiger partial charge in [0.05, 0.1) is 26.9 Å². The molecule has 0 radical (unpaired) electrons. The van der Waals surface area contributed by atoms with Gasteiger partial charge in [-0.2, -0.15) is 0 Å². The van der Waals surface area contributed by atoms with Crippen LogP contribution in [0.5, 0.6) is 11.5 Å². The van der Waals surface area contributed by atoms with E-state index in [4.69, 9.17) is 14.2 Å². The second kappa shape index (κ2) is 8.84. The molecule has 1 saturated heterocycles. The Bertz CT molecular complexity index is 552. The predicted octanol–water partition coefficient (Wildman–Crippen LogP) is 2.35. The summed E-state index contributed by atoms with van der Waals surface area (Å²) in [5, 5.41) is 10.8. The fraction of sp³-hybridized carbons (Fsp3) is 0.647. The fourth-order valence-corrected chi connectivity index (χ4v) is 3.11. The van der Waals surface area contributed by atoms with E-state index in [1.54, 1.807) is 14.2 Å². The second-order valence-corrected chi connectivity index (χ2v) is 6.06. The van der Waals surface area contributed by atoms with E-state index in [-0.39, 0.29) is 23.6 Å². The van der Waals surface area contributed by atoms with E-state index in [2.05, 4.69) is 4.90 Å². The zero-order valence-corrected chi connectivity index (χ0v) is 14.6. The molecule has 0 amide bonds. The van der Waals surface area contributed by atoms with Crippen LogP contribution in [0.1, 0.15) is 25.3 Å². The zero-order valence-electron chi connectivity index (χ0n) is 14.6. The normalized spacial score (nSPS) is 20.8. The van der Waals surface area contributed by atoms with Crippen molar-refractivity contribution in [3.63, 3.8) is 0 Å². The van der Waals surface area contributed by atoms with E-state index in [1.165, 1.54) is 0 Å². The summed E-state index contributed by atoms with van der Waals surface area (Å²) >= 11 is 0. The van der Waals surface area contributed by atoms with Gasteiger partial charge in [0.2, 0.25) is 6.54 Å². The second-order valence-electron chi connectivity index (χ2n) is 6.06. The van der Waals surface area contributed by atoms with Gasteiger partial charge in [0, 0.05) is 35.7 Å². The molecule has 1 aliphatic heterocycles. The smallest absolute Gasteiger partial charge is 0.216 e. The summed E-state index contributed by atoms with van der Waals surface area (Å²) in [5.41, 5.74) is 1.00. The van der Waals surface area contributed by atoms with Gasteiger partial charge in [-0.1, -0.05) is 6.07 Å². The maximum atomic E-state index is 10.8. The summed E-state index contributed by atoms with van der Waals surface area (Å²) in [5.74, 6) is 1.47. The molecule has 2 atom stereocenters. The van der Waals surface area contributed by atoms with Crippen molar-refractivity contribution in [2.45, 2.75) is 38.5 Å². The van der Waals surface area contributed by atoms with Crippen LogP contribution in [-0.2, 0) is 11.3 Å². The van der Waals surface area contributed by atoms with Crippen LogP contribution in [-0.4, -0.2) is 55.9 Å². The van der Waals surface area contributed by atoms with Crippen molar-refractivity contribution in [1.29, 1.82) is 0 Å². The summed E-state index contributed by atoms with van der Waals surface area (Å²) in [4.78, 5) is 12.7. The Kier molecular flexibility index (Phi) is 6.81. The molecule has 1 aliphatic rings. The number of nitrogens with zero attached hydrogens (tertiary/aromatic N) is 2. The fourth-order valence-electron chi connectivity index (χ4n) is 3.11. The summed E-state index contributed by atoms with van der Waals surface area (Å²) in [6.07, 6.45) is 1.95. The van der Waals surface area contributed by atoms with Gasteiger partial charge in [0.15, 0.2) is 0 Å². The first-order chi connectivity index (χ1) is 11.5. The number of ether oxygens (including phenoxy) is 3. The Morgan fingerprint density at radius 1 is 1.38 bits per heavy atom. The molecule has 1 aromatic rings. The Morgan fingerprint density at radius 3 is 2.79 bits per heavy atom. The number of nitro groups is 1. The number of benzene rings is 1. The molecule has 0 aliphatic carbocycles. The van der Waals surface area contributed by atoms with Crippen LogP contribution in [0.15, 0.2) is 18.2 Å². The van der Waals surface area contributed by atoms with Gasteiger partial charge in [-0.15, -0.1) is 0 Å². The van der Waals surface area contributed by atoms with Crippen molar-refractivity contribution in [3.8, 4) is 11.5 Å². The van der Waals surface area contributed by atoms with E-state index in [1.807, 2.05) is 25.1 Å². The van der Waals surface area contributed by atoms with Crippen molar-refractivity contribution in [2.24, 2.45) is 0 Å². The molecule has 24 heavy (non-hydrogen) atoms. The molecule has 1 heterocycles. The predicted molar refractivity (Wildman–Crippen MR) is 90.3 cm³/mol. The number of rotatable bonds is 8. The first-order valence-corrected chi connectivity index (χ1v) is 8.21. The van der Waals surface area contributed by atoms with E-state index < -0.39 is 0 Å². The van der Waals surface area contributed by atoms with Crippen LogP contribution in [0.4, 0.5) is 0 Å². The molecular weight excluding hydrogens is 312 g/mol. The van der Waals surface area contributed by atoms with Gasteiger partial charge in [0.1, 0.15) is 11.5 Å². The van der Waals surface area contributed by atoms with E-state index in [0.717, 1.165) is 29.9 Å². The maximum Gasteiger partial charge on any atom is 0.216 e. The van der Waals surface area contributed by atoms with Crippen molar-refractivity contribution in [2.75, 3.05) is 33.9 Å². The average Bonchev–Trinajstić information content (AvgIpc) is 2.58. The minimum absolute atomic E-state index is 0.0653. The van der Waals surface area contributed by atoms with Gasteiger partial charge in [-0.3, -0.25) is 15.0 Å². The summed E-state index contributed by atoms with van der Waals surface area (Å²) in [7, 11) is 3.23. The van der Waals surface area contributed by atoms with Gasteiger partial charge >= 0.3 is 0 Å². The minimum atomic E-state index is -0.263. The highest BCUT2D eigenvalue weighted by Gasteiger charge is 2.27. The van der Waals surface area contributed by atoms with Gasteiger partial charge < -0.3 is 14.2 Å². The van der Waals surface area contributed by atoms with Crippen LogP contribution in [0, 0.1) is 10.1 Å². The topological polar surface area (TPSA) is 74.1 Å². The number of hydrogen-bond donors (Lipinski definition) is 0. The SMILES string of the molecule is COc1ccc(CN(CC[N+](=O)[O-])[C@H]2CCO[C@@H](C)C2)c(OC)c1. The molecule has 0 spiro atoms. The number of hydrogen-bond acceptors (Lipinski definition) is 6. The van der Waals surface area contributed by atoms with Crippen LogP contribution >= 0.6 is 0 Å². The molecule has 2 rings (SSSR count). The Hall–Kier alpha value is -1.86. The Balaban J connectivity index is 2.16. The average molecular weight is 338 g/mol. The third kappa shape index (κ3) is 5.07. The summed E-state index contributed by atoms with van der Waals surface area (Å²) in [6, 6.07) is 5.96. The lowest BCUT2D eigenvalue weighted by molar-refractivity contribution is -0.480. The minimum Gasteiger partial charge on any atom is -0.497 e. The molecule has 0 aromatic heterocycles. The highest BCUT2D eigenvalue weighted by atomic mass is 16.6. The van der Waals surface area contributed by atoms with E-state index in [9.17, 15) is 10.1 Å². The summed E-state index contributed by atoms with van der Waals surface area (Å²) < 4.78 is 16.3. The van der Waals surface area contributed by atoms with Crippen molar-refractivity contribution < 1.29 is 19.1 Å². The highest BCUT2D eigenvalue weighted by molar-refractivity contribution is 5.40. The van der Waals surface area contributed by atoms with E-state index in [0.29, 0.717) is 19.7 Å². The third-order valence-electron chi connectivity index (χ3n) is 4.41. The van der Waals surface area contributed by atoms with Crippen LogP contribution in [0.25, 0.3) is 0 Å². The van der Waals surface area contributed by atoms with Gasteiger partial charge in [-0.05, 0) is 25.8 Å². The lowest BCUT2D eigenvalue weighted by atomic mass is 10.0. The molecule has 0 unspecified atom stereocenters. The van der Waals surface area contributed by atoms with Crippen LogP contribution in [0.3, 0.4) is 0 Å². The molecule has 1 fully saturated rings. The van der Waals surface area contributed by atoms with Gasteiger partial charge in [0.25, 0.3) is 0 Å². The standard InChI is InChI=1S/C17H26N2O5/c1-13-10-15(6-9-24-13)18(7-8-19(20)21)12-14-4-5-16(22-2)11-17(14)23-3/h4-5,11,13,15H,6-10,12H2,1-3H3/t13-,15-/m0/s1. The van der Waals surface area contributed by atoms with Crippen molar-refractivity contribution in [3.05, 3.63) is 33.9 Å². The Morgan fingerprint density at radius 2 is 2.17 bits per heavy atom. The third-order valence-corrected chi connectivity index (χ3v) is 4.41. The largest absolute Gasteiger partial charge is 0.497 e. The maximum absolute atomic E-state index is 10.8. The lowest BCUT2D eigenvalue weighted by Crippen LogP contribution is -2.43. The molecule has 7 nitrogen and oxygen atoms in total. The monoisotopic (exact) mass is 338 g/mol. The molecule has 7 heteroatoms. The van der Waals surface area contributed by atoms with Gasteiger partial charge in [-0.25, -0.2) is 0 Å². The van der Waals surface area contributed by atoms with Crippen molar-refractivity contribution >= 4 is 0 Å². The van der Waals surface area contributed by atoms with Crippen molar-refractivity contribution in [1.82, 2.24) is 4.90 Å². The van der Waals surface area contributed by atoms with Crippen LogP contribution in [0.2, 0.25) is 0 Å². The number of methoxy groups -OCH3 is 2. The Labute approximate surface area is 142 Å². The van der Waals surface area contributed by atoms with Crippen LogP contribution < -0.4 is 9.47 Å². The molecule has 0 saturated carbocycles. The first kappa shape index (κ1) is 18.5. The van der Waals surface area contributed by atoms with E-state index >= 15 is 0 Å². The molecular formula is C17H26N2O5. The molecule has 0 N–H and O–H groups in total. The lowest BCUT2D eigenvalue weighted by Gasteiger charge is -2.36. The first-order valence-electron chi connectivity index (χ1n) is 8.21. The zero-order chi connectivity index (χ0) is 17.5. The molecule has 0 bridgehead atoms. The highest BCUT2D eigenvalue weighted by Crippen LogP contribution is 2.28. The quantitative estimate of drug-likeness (QED) is 0.535. The summed E-state index contributed by atoms with van der Waals surface area (Å²) in [6.45, 7) is 3.70.